The van der Waals surface area contributed by atoms with Crippen LogP contribution in [0.1, 0.15) is 41.6 Å². The van der Waals surface area contributed by atoms with Gasteiger partial charge < -0.3 is 5.32 Å². The normalized spacial score (nSPS) is 14.6. The van der Waals surface area contributed by atoms with E-state index in [1.54, 1.807) is 0 Å². The van der Waals surface area contributed by atoms with Crippen molar-refractivity contribution < 1.29 is 4.79 Å². The third-order valence-corrected chi connectivity index (χ3v) is 7.49. The van der Waals surface area contributed by atoms with Gasteiger partial charge in [-0.05, 0) is 62.5 Å². The van der Waals surface area contributed by atoms with E-state index in [9.17, 15) is 9.59 Å². The van der Waals surface area contributed by atoms with Crippen molar-refractivity contribution in [1.29, 1.82) is 0 Å². The zero-order valence-electron chi connectivity index (χ0n) is 19.6. The molecule has 4 heterocycles. The van der Waals surface area contributed by atoms with Crippen molar-refractivity contribution in [2.75, 3.05) is 13.1 Å². The SMILES string of the molecule is Cc1cc(C)c2c(n1)sc1c(=O)n(CC(=O)NCc3ccc(CN4CCCCC4)cc3)cnc12. The summed E-state index contributed by atoms with van der Waals surface area (Å²) >= 11 is 1.34. The van der Waals surface area contributed by atoms with Crippen LogP contribution in [0.15, 0.2) is 41.5 Å². The molecule has 8 heteroatoms. The van der Waals surface area contributed by atoms with Crippen LogP contribution in [0.25, 0.3) is 20.4 Å². The topological polar surface area (TPSA) is 80.1 Å². The van der Waals surface area contributed by atoms with Gasteiger partial charge in [-0.15, -0.1) is 11.3 Å². The summed E-state index contributed by atoms with van der Waals surface area (Å²) in [7, 11) is 0. The number of aryl methyl sites for hydroxylation is 2. The average molecular weight is 476 g/mol. The zero-order valence-corrected chi connectivity index (χ0v) is 20.5. The number of fused-ring (bicyclic) bond motifs is 3. The third-order valence-electron chi connectivity index (χ3n) is 6.42. The molecule has 0 atom stereocenters. The van der Waals surface area contributed by atoms with Gasteiger partial charge in [-0.25, -0.2) is 9.97 Å². The van der Waals surface area contributed by atoms with Crippen LogP contribution < -0.4 is 10.9 Å². The van der Waals surface area contributed by atoms with Crippen molar-refractivity contribution in [3.05, 3.63) is 69.4 Å². The minimum absolute atomic E-state index is 0.0610. The predicted molar refractivity (Wildman–Crippen MR) is 136 cm³/mol. The number of pyridine rings is 1. The van der Waals surface area contributed by atoms with E-state index in [0.717, 1.165) is 33.6 Å². The number of hydrogen-bond donors (Lipinski definition) is 1. The van der Waals surface area contributed by atoms with Gasteiger partial charge in [-0.2, -0.15) is 0 Å². The number of benzene rings is 1. The third kappa shape index (κ3) is 4.74. The molecule has 1 amide bonds. The summed E-state index contributed by atoms with van der Waals surface area (Å²) in [5.41, 5.74) is 4.76. The predicted octanol–water partition coefficient (Wildman–Crippen LogP) is 3.93. The van der Waals surface area contributed by atoms with Gasteiger partial charge in [0.05, 0.1) is 11.8 Å². The molecule has 3 aromatic heterocycles. The van der Waals surface area contributed by atoms with E-state index in [2.05, 4.69) is 44.5 Å². The van der Waals surface area contributed by atoms with Gasteiger partial charge in [0.25, 0.3) is 5.56 Å². The fraction of sp³-hybridized carbons (Fsp3) is 0.385. The van der Waals surface area contributed by atoms with Crippen molar-refractivity contribution in [3.63, 3.8) is 0 Å². The van der Waals surface area contributed by atoms with Gasteiger partial charge in [0.1, 0.15) is 16.1 Å². The van der Waals surface area contributed by atoms with Crippen LogP contribution in [0.4, 0.5) is 0 Å². The number of carbonyl (C=O) groups excluding carboxylic acids is 1. The number of likely N-dealkylation sites (tertiary alicyclic amines) is 1. The zero-order chi connectivity index (χ0) is 23.7. The second-order valence-corrected chi connectivity index (χ2v) is 10.1. The fourth-order valence-corrected chi connectivity index (χ4v) is 5.86. The summed E-state index contributed by atoms with van der Waals surface area (Å²) in [4.78, 5) is 37.9. The molecule has 4 aromatic rings. The number of hydrogen-bond acceptors (Lipinski definition) is 6. The highest BCUT2D eigenvalue weighted by molar-refractivity contribution is 7.25. The molecule has 5 rings (SSSR count). The number of nitrogens with zero attached hydrogens (tertiary/aromatic N) is 4. The Morgan fingerprint density at radius 1 is 1.09 bits per heavy atom. The number of rotatable bonds is 6. The number of aromatic nitrogens is 3. The molecule has 1 saturated heterocycles. The first-order valence-electron chi connectivity index (χ1n) is 11.8. The first-order valence-corrected chi connectivity index (χ1v) is 12.6. The maximum Gasteiger partial charge on any atom is 0.271 e. The van der Waals surface area contributed by atoms with E-state index in [1.807, 2.05) is 19.9 Å². The molecule has 1 aliphatic heterocycles. The van der Waals surface area contributed by atoms with Crippen LogP contribution in [-0.2, 0) is 24.4 Å². The molecular formula is C26H29N5O2S. The maximum absolute atomic E-state index is 13.0. The van der Waals surface area contributed by atoms with Gasteiger partial charge >= 0.3 is 0 Å². The Balaban J connectivity index is 1.23. The lowest BCUT2D eigenvalue weighted by molar-refractivity contribution is -0.121. The lowest BCUT2D eigenvalue weighted by atomic mass is 10.1. The molecule has 7 nitrogen and oxygen atoms in total. The molecule has 0 radical (unpaired) electrons. The quantitative estimate of drug-likeness (QED) is 0.457. The van der Waals surface area contributed by atoms with Gasteiger partial charge in [0, 0.05) is 24.2 Å². The largest absolute Gasteiger partial charge is 0.350 e. The van der Waals surface area contributed by atoms with Crippen LogP contribution in [0.2, 0.25) is 0 Å². The van der Waals surface area contributed by atoms with Crippen LogP contribution in [-0.4, -0.2) is 38.4 Å². The van der Waals surface area contributed by atoms with Crippen molar-refractivity contribution in [1.82, 2.24) is 24.8 Å². The second kappa shape index (κ2) is 9.64. The number of piperidine rings is 1. The molecule has 0 unspecified atom stereocenters. The van der Waals surface area contributed by atoms with Gasteiger partial charge in [-0.1, -0.05) is 30.7 Å². The maximum atomic E-state index is 13.0. The molecule has 1 aromatic carbocycles. The van der Waals surface area contributed by atoms with E-state index in [1.165, 1.54) is 60.1 Å². The first kappa shape index (κ1) is 22.7. The van der Waals surface area contributed by atoms with Gasteiger partial charge in [0.15, 0.2) is 0 Å². The molecule has 34 heavy (non-hydrogen) atoms. The van der Waals surface area contributed by atoms with Crippen LogP contribution in [0, 0.1) is 13.8 Å². The summed E-state index contributed by atoms with van der Waals surface area (Å²) in [6, 6.07) is 10.4. The molecule has 0 bridgehead atoms. The van der Waals surface area contributed by atoms with E-state index in [-0.39, 0.29) is 18.0 Å². The van der Waals surface area contributed by atoms with Crippen molar-refractivity contribution in [2.45, 2.75) is 52.7 Å². The molecular weight excluding hydrogens is 446 g/mol. The molecule has 0 spiro atoms. The summed E-state index contributed by atoms with van der Waals surface area (Å²) < 4.78 is 1.91. The first-order chi connectivity index (χ1) is 16.5. The van der Waals surface area contributed by atoms with E-state index in [4.69, 9.17) is 0 Å². The number of carbonyl (C=O) groups is 1. The Bertz CT molecular complexity index is 1400. The highest BCUT2D eigenvalue weighted by atomic mass is 32.1. The summed E-state index contributed by atoms with van der Waals surface area (Å²) in [5.74, 6) is -0.216. The van der Waals surface area contributed by atoms with Crippen LogP contribution >= 0.6 is 11.3 Å². The molecule has 0 saturated carbocycles. The fourth-order valence-electron chi connectivity index (χ4n) is 4.66. The molecule has 0 aliphatic carbocycles. The summed E-state index contributed by atoms with van der Waals surface area (Å²) in [6.45, 7) is 7.65. The standard InChI is InChI=1S/C26H29N5O2S/c1-17-12-18(2)29-25-22(17)23-24(34-25)26(33)31(16-28-23)15-21(32)27-13-19-6-8-20(9-7-19)14-30-10-4-3-5-11-30/h6-9,12,16H,3-5,10-11,13-15H2,1-2H3,(H,27,32). The molecule has 1 aliphatic rings. The summed E-state index contributed by atoms with van der Waals surface area (Å²) in [5, 5.41) is 3.84. The second-order valence-electron chi connectivity index (χ2n) is 9.15. The monoisotopic (exact) mass is 475 g/mol. The lowest BCUT2D eigenvalue weighted by Gasteiger charge is -2.26. The lowest BCUT2D eigenvalue weighted by Crippen LogP contribution is -2.32. The van der Waals surface area contributed by atoms with Gasteiger partial charge in [0.2, 0.25) is 5.91 Å². The Kier molecular flexibility index (Phi) is 6.43. The van der Waals surface area contributed by atoms with Crippen molar-refractivity contribution in [3.8, 4) is 0 Å². The average Bonchev–Trinajstić information content (AvgIpc) is 3.20. The smallest absolute Gasteiger partial charge is 0.271 e. The van der Waals surface area contributed by atoms with Crippen LogP contribution in [0.3, 0.4) is 0 Å². The Morgan fingerprint density at radius 3 is 2.59 bits per heavy atom. The highest BCUT2D eigenvalue weighted by Crippen LogP contribution is 2.31. The highest BCUT2D eigenvalue weighted by Gasteiger charge is 2.16. The number of nitrogens with one attached hydrogen (secondary N) is 1. The number of amides is 1. The van der Waals surface area contributed by atoms with Crippen molar-refractivity contribution >= 4 is 37.7 Å². The minimum atomic E-state index is -0.216. The Labute approximate surface area is 202 Å². The number of thiophene rings is 1. The Hall–Kier alpha value is -3.10. The minimum Gasteiger partial charge on any atom is -0.350 e. The van der Waals surface area contributed by atoms with E-state index in [0.29, 0.717) is 16.8 Å². The summed E-state index contributed by atoms with van der Waals surface area (Å²) in [6.07, 6.45) is 5.38. The molecule has 1 fully saturated rings. The van der Waals surface area contributed by atoms with Crippen molar-refractivity contribution in [2.24, 2.45) is 0 Å². The molecule has 176 valence electrons. The molecule has 1 N–H and O–H groups in total. The van der Waals surface area contributed by atoms with Gasteiger partial charge in [-0.3, -0.25) is 19.1 Å². The van der Waals surface area contributed by atoms with E-state index >= 15 is 0 Å². The van der Waals surface area contributed by atoms with Crippen LogP contribution in [0.5, 0.6) is 0 Å². The van der Waals surface area contributed by atoms with E-state index < -0.39 is 0 Å². The Morgan fingerprint density at radius 2 is 1.82 bits per heavy atom.